The van der Waals surface area contributed by atoms with E-state index in [2.05, 4.69) is 10.6 Å². The van der Waals surface area contributed by atoms with Gasteiger partial charge < -0.3 is 10.6 Å². The molecule has 0 bridgehead atoms. The van der Waals surface area contributed by atoms with Crippen molar-refractivity contribution in [3.63, 3.8) is 0 Å². The highest BCUT2D eigenvalue weighted by atomic mass is 35.5. The number of carbonyl (C=O) groups excluding carboxylic acids is 1. The number of para-hydroxylation sites is 1. The fourth-order valence-electron chi connectivity index (χ4n) is 2.26. The molecule has 1 aliphatic rings. The maximum Gasteiger partial charge on any atom is 0.274 e. The van der Waals surface area contributed by atoms with Crippen LogP contribution in [0, 0.1) is 16.0 Å². The van der Waals surface area contributed by atoms with Gasteiger partial charge in [-0.3, -0.25) is 14.9 Å². The first-order valence-electron chi connectivity index (χ1n) is 6.36. The fourth-order valence-corrected chi connectivity index (χ4v) is 2.26. The molecule has 1 atom stereocenters. The van der Waals surface area contributed by atoms with E-state index in [1.54, 1.807) is 18.2 Å². The molecule has 1 aromatic rings. The van der Waals surface area contributed by atoms with Crippen molar-refractivity contribution in [2.24, 2.45) is 5.92 Å². The summed E-state index contributed by atoms with van der Waals surface area (Å²) in [5.41, 5.74) is 0.579. The van der Waals surface area contributed by atoms with E-state index in [1.165, 1.54) is 6.07 Å². The lowest BCUT2D eigenvalue weighted by atomic mass is 10.0. The molecule has 110 valence electrons. The summed E-state index contributed by atoms with van der Waals surface area (Å²) in [7, 11) is 0. The molecule has 1 saturated heterocycles. The van der Waals surface area contributed by atoms with Crippen LogP contribution < -0.4 is 10.6 Å². The van der Waals surface area contributed by atoms with Crippen LogP contribution >= 0.6 is 12.4 Å². The van der Waals surface area contributed by atoms with Crippen LogP contribution in [0.3, 0.4) is 0 Å². The molecule has 2 N–H and O–H groups in total. The minimum atomic E-state index is -0.428. The second-order valence-electron chi connectivity index (χ2n) is 4.73. The number of carbonyl (C=O) groups is 1. The molecule has 1 unspecified atom stereocenters. The molecule has 0 spiro atoms. The van der Waals surface area contributed by atoms with Crippen LogP contribution in [0.25, 0.3) is 0 Å². The second kappa shape index (κ2) is 7.81. The average molecular weight is 300 g/mol. The molecule has 0 aliphatic carbocycles. The first kappa shape index (κ1) is 16.4. The maximum atomic E-state index is 11.7. The van der Waals surface area contributed by atoms with E-state index in [-0.39, 0.29) is 30.5 Å². The zero-order valence-corrected chi connectivity index (χ0v) is 11.8. The number of halogens is 1. The number of rotatable bonds is 5. The molecule has 1 heterocycles. The Kier molecular flexibility index (Phi) is 6.41. The molecule has 1 amide bonds. The molecule has 0 aromatic heterocycles. The number of nitro benzene ring substituents is 1. The van der Waals surface area contributed by atoms with Gasteiger partial charge in [-0.1, -0.05) is 18.2 Å². The van der Waals surface area contributed by atoms with Gasteiger partial charge in [-0.25, -0.2) is 0 Å². The van der Waals surface area contributed by atoms with Crippen molar-refractivity contribution >= 4 is 24.0 Å². The van der Waals surface area contributed by atoms with E-state index >= 15 is 0 Å². The third-order valence-corrected chi connectivity index (χ3v) is 3.30. The molecular formula is C13H18ClN3O3. The Morgan fingerprint density at radius 3 is 2.85 bits per heavy atom. The van der Waals surface area contributed by atoms with Crippen LogP contribution in [0.2, 0.25) is 0 Å². The van der Waals surface area contributed by atoms with Crippen LogP contribution in [0.4, 0.5) is 5.69 Å². The van der Waals surface area contributed by atoms with Crippen molar-refractivity contribution in [2.75, 3.05) is 13.1 Å². The highest BCUT2D eigenvalue weighted by Crippen LogP contribution is 2.17. The summed E-state index contributed by atoms with van der Waals surface area (Å²) >= 11 is 0. The van der Waals surface area contributed by atoms with E-state index < -0.39 is 4.92 Å². The Balaban J connectivity index is 0.00000200. The smallest absolute Gasteiger partial charge is 0.274 e. The van der Waals surface area contributed by atoms with E-state index in [0.717, 1.165) is 19.5 Å². The van der Waals surface area contributed by atoms with Gasteiger partial charge in [-0.2, -0.15) is 0 Å². The summed E-state index contributed by atoms with van der Waals surface area (Å²) in [6.45, 7) is 2.04. The summed E-state index contributed by atoms with van der Waals surface area (Å²) in [5, 5.41) is 16.8. The van der Waals surface area contributed by atoms with Crippen LogP contribution in [-0.4, -0.2) is 23.9 Å². The number of hydrogen-bond acceptors (Lipinski definition) is 4. The molecule has 20 heavy (non-hydrogen) atoms. The Morgan fingerprint density at radius 1 is 1.45 bits per heavy atom. The number of nitrogens with zero attached hydrogens (tertiary/aromatic N) is 1. The third kappa shape index (κ3) is 4.47. The highest BCUT2D eigenvalue weighted by molar-refractivity contribution is 5.85. The summed E-state index contributed by atoms with van der Waals surface area (Å²) in [6.07, 6.45) is 1.49. The van der Waals surface area contributed by atoms with Gasteiger partial charge in [-0.05, 0) is 25.4 Å². The van der Waals surface area contributed by atoms with Crippen molar-refractivity contribution in [2.45, 2.75) is 19.4 Å². The molecule has 7 heteroatoms. The minimum absolute atomic E-state index is 0. The number of hydrogen-bond donors (Lipinski definition) is 2. The largest absolute Gasteiger partial charge is 0.352 e. The van der Waals surface area contributed by atoms with Crippen LogP contribution in [0.15, 0.2) is 24.3 Å². The minimum Gasteiger partial charge on any atom is -0.352 e. The Labute approximate surface area is 123 Å². The van der Waals surface area contributed by atoms with E-state index in [1.807, 2.05) is 0 Å². The van der Waals surface area contributed by atoms with Gasteiger partial charge in [0.25, 0.3) is 5.69 Å². The van der Waals surface area contributed by atoms with Crippen molar-refractivity contribution in [3.05, 3.63) is 39.9 Å². The number of amides is 1. The standard InChI is InChI=1S/C13H17N3O3.ClH/c17-13(7-10-5-6-14-8-10)15-9-11-3-1-2-4-12(11)16(18)19;/h1-4,10,14H,5-9H2,(H,15,17);1H. The van der Waals surface area contributed by atoms with Crippen molar-refractivity contribution in [1.29, 1.82) is 0 Å². The van der Waals surface area contributed by atoms with Gasteiger partial charge in [0.2, 0.25) is 5.91 Å². The predicted molar refractivity (Wildman–Crippen MR) is 77.8 cm³/mol. The van der Waals surface area contributed by atoms with E-state index in [9.17, 15) is 14.9 Å². The van der Waals surface area contributed by atoms with Gasteiger partial charge in [0.1, 0.15) is 0 Å². The first-order chi connectivity index (χ1) is 9.16. The van der Waals surface area contributed by atoms with Crippen LogP contribution in [-0.2, 0) is 11.3 Å². The van der Waals surface area contributed by atoms with Gasteiger partial charge in [0.05, 0.1) is 4.92 Å². The van der Waals surface area contributed by atoms with E-state index in [4.69, 9.17) is 0 Å². The van der Waals surface area contributed by atoms with Gasteiger partial charge in [0.15, 0.2) is 0 Å². The topological polar surface area (TPSA) is 84.3 Å². The molecule has 0 radical (unpaired) electrons. The summed E-state index contributed by atoms with van der Waals surface area (Å²) in [5.74, 6) is 0.331. The van der Waals surface area contributed by atoms with Crippen molar-refractivity contribution < 1.29 is 9.72 Å². The molecule has 6 nitrogen and oxygen atoms in total. The fraction of sp³-hybridized carbons (Fsp3) is 0.462. The molecule has 2 rings (SSSR count). The molecule has 1 aromatic carbocycles. The zero-order chi connectivity index (χ0) is 13.7. The van der Waals surface area contributed by atoms with E-state index in [0.29, 0.717) is 17.9 Å². The average Bonchev–Trinajstić information content (AvgIpc) is 2.89. The number of nitro groups is 1. The molecule has 1 fully saturated rings. The van der Waals surface area contributed by atoms with Gasteiger partial charge in [0, 0.05) is 24.6 Å². The summed E-state index contributed by atoms with van der Waals surface area (Å²) in [4.78, 5) is 22.1. The third-order valence-electron chi connectivity index (χ3n) is 3.30. The van der Waals surface area contributed by atoms with Crippen molar-refractivity contribution in [3.8, 4) is 0 Å². The SMILES string of the molecule is Cl.O=C(CC1CCNC1)NCc1ccccc1[N+](=O)[O-]. The lowest BCUT2D eigenvalue weighted by Gasteiger charge is -2.09. The normalized spacial score (nSPS) is 17.3. The zero-order valence-electron chi connectivity index (χ0n) is 11.0. The summed E-state index contributed by atoms with van der Waals surface area (Å²) < 4.78 is 0. The van der Waals surface area contributed by atoms with Crippen LogP contribution in [0.1, 0.15) is 18.4 Å². The number of nitrogens with one attached hydrogen (secondary N) is 2. The molecule has 0 saturated carbocycles. The maximum absolute atomic E-state index is 11.7. The molecule has 1 aliphatic heterocycles. The quantitative estimate of drug-likeness (QED) is 0.639. The first-order valence-corrected chi connectivity index (χ1v) is 6.36. The Hall–Kier alpha value is -1.66. The van der Waals surface area contributed by atoms with Gasteiger partial charge in [-0.15, -0.1) is 12.4 Å². The van der Waals surface area contributed by atoms with Crippen LogP contribution in [0.5, 0.6) is 0 Å². The highest BCUT2D eigenvalue weighted by Gasteiger charge is 2.18. The second-order valence-corrected chi connectivity index (χ2v) is 4.73. The summed E-state index contributed by atoms with van der Waals surface area (Å²) in [6, 6.07) is 6.46. The lowest BCUT2D eigenvalue weighted by molar-refractivity contribution is -0.385. The Morgan fingerprint density at radius 2 is 2.20 bits per heavy atom. The lowest BCUT2D eigenvalue weighted by Crippen LogP contribution is -2.26. The van der Waals surface area contributed by atoms with Crippen molar-refractivity contribution in [1.82, 2.24) is 10.6 Å². The predicted octanol–water partition coefficient (Wildman–Crippen LogP) is 1.63. The number of benzene rings is 1. The Bertz CT molecular complexity index is 476. The van der Waals surface area contributed by atoms with Gasteiger partial charge >= 0.3 is 0 Å². The molecular weight excluding hydrogens is 282 g/mol. The monoisotopic (exact) mass is 299 g/mol.